The van der Waals surface area contributed by atoms with Crippen molar-refractivity contribution >= 4 is 137 Å². The molecule has 18 aromatic rings. The normalized spacial score (nSPS) is 14.0. The summed E-state index contributed by atoms with van der Waals surface area (Å²) >= 11 is 3.42. The summed E-state index contributed by atoms with van der Waals surface area (Å²) in [5, 5.41) is 27.8. The van der Waals surface area contributed by atoms with Crippen LogP contribution in [0.25, 0.3) is 164 Å². The molecule has 0 amide bonds. The lowest BCUT2D eigenvalue weighted by Crippen LogP contribution is -2.29. The van der Waals surface area contributed by atoms with Crippen LogP contribution in [0.2, 0.25) is 0 Å². The number of rotatable bonds is 6. The topological polar surface area (TPSA) is 66.7 Å². The molecule has 0 saturated heterocycles. The summed E-state index contributed by atoms with van der Waals surface area (Å²) in [5.41, 5.74) is 10.2. The van der Waals surface area contributed by atoms with Gasteiger partial charge in [0.15, 0.2) is 0 Å². The molecule has 2 aromatic heterocycles. The lowest BCUT2D eigenvalue weighted by Gasteiger charge is -2.18. The van der Waals surface area contributed by atoms with E-state index in [0.717, 1.165) is 87.7 Å². The van der Waals surface area contributed by atoms with Gasteiger partial charge in [-0.3, -0.25) is 0 Å². The average molecular weight is 1230 g/mol. The van der Waals surface area contributed by atoms with Gasteiger partial charge in [0.05, 0.1) is 21.9 Å². The molecule has 4 nitrogen and oxygen atoms in total. The number of furan rings is 2. The maximum absolute atomic E-state index is 9.23. The van der Waals surface area contributed by atoms with Crippen LogP contribution in [-0.4, -0.2) is 17.2 Å². The van der Waals surface area contributed by atoms with Crippen molar-refractivity contribution in [3.63, 3.8) is 0 Å². The third-order valence-electron chi connectivity index (χ3n) is 16.6. The van der Waals surface area contributed by atoms with E-state index in [2.05, 4.69) is 28.1 Å². The van der Waals surface area contributed by atoms with Crippen LogP contribution in [0.4, 0.5) is 0 Å². The number of fused-ring (bicyclic) bond motifs is 12. The third kappa shape index (κ3) is 9.66. The first-order valence-electron chi connectivity index (χ1n) is 37.0. The van der Waals surface area contributed by atoms with Crippen LogP contribution in [0, 0.1) is 0 Å². The zero-order valence-corrected chi connectivity index (χ0v) is 49.0. The summed E-state index contributed by atoms with van der Waals surface area (Å²) in [6, 6.07) is 63.7. The highest BCUT2D eigenvalue weighted by Gasteiger charge is 2.20. The molecule has 0 aliphatic rings. The number of hydrogen-bond acceptors (Lipinski definition) is 4. The minimum atomic E-state index is -1.45. The molecule has 0 bridgehead atoms. The Labute approximate surface area is 550 Å². The van der Waals surface area contributed by atoms with E-state index in [1.807, 2.05) is 194 Å². The zero-order chi connectivity index (χ0) is 74.2. The van der Waals surface area contributed by atoms with Crippen LogP contribution in [0.1, 0.15) is 21.9 Å². The number of para-hydroxylation sites is 4. The minimum absolute atomic E-state index is 0.182. The predicted octanol–water partition coefficient (Wildman–Crippen LogP) is 22.6. The fraction of sp³-hybridized carbons (Fsp3) is 0. The van der Waals surface area contributed by atoms with Crippen LogP contribution >= 0.6 is 15.9 Å². The molecule has 0 aliphatic carbocycles. The third-order valence-corrected chi connectivity index (χ3v) is 17.4. The Balaban J connectivity index is 0.000000134. The molecule has 0 radical (unpaired) electrons. The zero-order valence-electron chi connectivity index (χ0n) is 63.5. The lowest BCUT2D eigenvalue weighted by molar-refractivity contribution is 0.426. The van der Waals surface area contributed by atoms with Crippen molar-refractivity contribution < 1.29 is 40.8 Å². The summed E-state index contributed by atoms with van der Waals surface area (Å²) < 4.78 is 151. The van der Waals surface area contributed by atoms with Gasteiger partial charge < -0.3 is 18.9 Å². The number of hydrogen-bond donors (Lipinski definition) is 2. The highest BCUT2D eigenvalue weighted by molar-refractivity contribution is 9.10. The Morgan fingerprint density at radius 1 is 0.289 bits per heavy atom. The molecule has 424 valence electrons. The summed E-state index contributed by atoms with van der Waals surface area (Å²) in [7, 11) is -1.45. The molecule has 18 rings (SSSR count). The molecule has 2 heterocycles. The van der Waals surface area contributed by atoms with Gasteiger partial charge in [-0.2, -0.15) is 0 Å². The second-order valence-electron chi connectivity index (χ2n) is 21.7. The molecular formula is C84H54BBrO4. The molecule has 6 heteroatoms. The second-order valence-corrected chi connectivity index (χ2v) is 22.5. The van der Waals surface area contributed by atoms with Gasteiger partial charge >= 0.3 is 7.12 Å². The van der Waals surface area contributed by atoms with Gasteiger partial charge in [-0.1, -0.05) is 291 Å². The van der Waals surface area contributed by atoms with Crippen LogP contribution in [0.15, 0.2) is 328 Å². The van der Waals surface area contributed by atoms with Crippen molar-refractivity contribution in [2.24, 2.45) is 0 Å². The summed E-state index contributed by atoms with van der Waals surface area (Å²) in [4.78, 5) is 0. The second kappa shape index (κ2) is 23.0. The molecule has 0 unspecified atom stereocenters. The molecule has 0 spiro atoms. The first-order chi connectivity index (χ1) is 51.0. The van der Waals surface area contributed by atoms with Crippen LogP contribution < -0.4 is 5.46 Å². The van der Waals surface area contributed by atoms with Gasteiger partial charge in [0.1, 0.15) is 22.3 Å². The largest absolute Gasteiger partial charge is 0.488 e. The van der Waals surface area contributed by atoms with E-state index in [9.17, 15) is 15.5 Å². The summed E-state index contributed by atoms with van der Waals surface area (Å²) in [6.45, 7) is 0. The van der Waals surface area contributed by atoms with Crippen LogP contribution in [-0.2, 0) is 0 Å². The van der Waals surface area contributed by atoms with Gasteiger partial charge in [0, 0.05) is 37.1 Å². The highest BCUT2D eigenvalue weighted by Crippen LogP contribution is 2.46. The van der Waals surface area contributed by atoms with E-state index in [4.69, 9.17) is 25.3 Å². The smallest absolute Gasteiger partial charge is 0.455 e. The van der Waals surface area contributed by atoms with E-state index in [-0.39, 0.29) is 95.9 Å². The SMILES string of the molecule is OB(O)c1ccc(-c2cccc3c2oc2ccccc23)cc1.[2H]c1c([2H])c([2H])c2c(-c3ccc4ccccc4c3)c3c([2H])c([2H])c([2H])c([2H])c3c(-c3ccc(-c4cccc5c4oc4ccccc45)cc3)c2c1[2H].[2H]c1c([2H])c([2H])c2c(-c3ccc4ccccc4c3)c3c([2H])c([2H])c([2H])c([2H])c3c(Br)c2c1[2H]. The quantitative estimate of drug-likeness (QED) is 0.129. The first kappa shape index (κ1) is 39.8. The Hall–Kier alpha value is -10.9. The molecule has 0 saturated carbocycles. The standard InChI is InChI=1S/C42H26O.C24H15Br.C18H13BO3/c1-2-11-30-26-31(25-20-27(30)10-1)41-36-15-5-3-13-34(36)40(35-14-4-6-16-37(35)41)29-23-21-28(22-24-29)32-17-9-18-38-33-12-7-8-19-39(33)43-42(32)38;25-24-21-11-5-3-9-19(21)23(20-10-4-6-12-22(20)24)18-14-13-16-7-1-2-8-17(16)15-18;20-19(21)13-10-8-12(9-11-13)14-5-3-6-16-15-4-1-2-7-17(15)22-18(14)16/h1-26H;1-15H;1-11,20-21H/i3D,4D,5D,6D,13D,14D,15D,16D;3D,4D,5D,6D,9D,10D,11D,12D;. The van der Waals surface area contributed by atoms with Gasteiger partial charge in [-0.25, -0.2) is 0 Å². The van der Waals surface area contributed by atoms with Crippen LogP contribution in [0.3, 0.4) is 0 Å². The molecule has 90 heavy (non-hydrogen) atoms. The van der Waals surface area contributed by atoms with Gasteiger partial charge in [0.2, 0.25) is 0 Å². The van der Waals surface area contributed by atoms with E-state index >= 15 is 0 Å². The molecule has 16 aromatic carbocycles. The van der Waals surface area contributed by atoms with Crippen molar-refractivity contribution in [2.45, 2.75) is 0 Å². The summed E-state index contributed by atoms with van der Waals surface area (Å²) in [5.74, 6) is 0. The summed E-state index contributed by atoms with van der Waals surface area (Å²) in [6.07, 6.45) is 0. The Morgan fingerprint density at radius 2 is 0.611 bits per heavy atom. The fourth-order valence-corrected chi connectivity index (χ4v) is 13.0. The van der Waals surface area contributed by atoms with E-state index in [0.29, 0.717) is 38.8 Å². The molecule has 0 fully saturated rings. The van der Waals surface area contributed by atoms with Crippen molar-refractivity contribution in [3.05, 3.63) is 320 Å². The number of benzene rings is 16. The fourth-order valence-electron chi connectivity index (χ4n) is 12.4. The lowest BCUT2D eigenvalue weighted by atomic mass is 9.80. The molecule has 2 N–H and O–H groups in total. The van der Waals surface area contributed by atoms with E-state index < -0.39 is 55.5 Å². The molecule has 0 aliphatic heterocycles. The van der Waals surface area contributed by atoms with Crippen molar-refractivity contribution in [1.82, 2.24) is 0 Å². The monoisotopic (exact) mass is 1230 g/mol. The Bertz CT molecular complexity index is 6620. The van der Waals surface area contributed by atoms with Gasteiger partial charge in [0.25, 0.3) is 0 Å². The average Bonchev–Trinajstić information content (AvgIpc) is 0.942. The maximum Gasteiger partial charge on any atom is 0.488 e. The predicted molar refractivity (Wildman–Crippen MR) is 384 cm³/mol. The van der Waals surface area contributed by atoms with Crippen molar-refractivity contribution in [2.75, 3.05) is 0 Å². The number of halogens is 1. The molecule has 0 atom stereocenters. The van der Waals surface area contributed by atoms with Gasteiger partial charge in [-0.15, -0.1) is 0 Å². The molecular weight excluding hydrogens is 1160 g/mol. The Kier molecular flexibility index (Phi) is 10.2. The van der Waals surface area contributed by atoms with Crippen molar-refractivity contribution in [1.29, 1.82) is 0 Å². The first-order valence-corrected chi connectivity index (χ1v) is 29.8. The maximum atomic E-state index is 9.23. The van der Waals surface area contributed by atoms with E-state index in [1.165, 1.54) is 0 Å². The van der Waals surface area contributed by atoms with Crippen molar-refractivity contribution in [3.8, 4) is 55.6 Å². The highest BCUT2D eigenvalue weighted by atomic mass is 79.9. The van der Waals surface area contributed by atoms with Gasteiger partial charge in [-0.05, 0) is 155 Å². The minimum Gasteiger partial charge on any atom is -0.455 e. The van der Waals surface area contributed by atoms with E-state index in [1.54, 1.807) is 12.1 Å². The van der Waals surface area contributed by atoms with Crippen LogP contribution in [0.5, 0.6) is 0 Å². The Morgan fingerprint density at radius 3 is 1.03 bits per heavy atom.